The molecule has 2 aliphatic rings. The molecule has 10 nitrogen and oxygen atoms in total. The zero-order valence-corrected chi connectivity index (χ0v) is 24.1. The molecule has 2 saturated carbocycles. The van der Waals surface area contributed by atoms with Crippen LogP contribution in [0, 0.1) is 11.8 Å². The Morgan fingerprint density at radius 2 is 2.02 bits per heavy atom. The zero-order valence-electron chi connectivity index (χ0n) is 21.8. The standard InChI is InChI=1S/C27H30Cl2N4O6S/c1-39-23(35)7-3-2-5-18(31-25(36)17-13-21(28)40-24(17)29)26(37)32-19-6-4-10-33(27(19)38)14-22(34)30-20-12-15-8-9-16(20)11-15/h3-4,6-7,10,13,15-16,18,20H,2,5,8-9,11-12,14H2,1H3,(H,30,34)(H,31,36)(H,32,37)/b7-3+/t15?,16?,18-,20?/m0/s1. The number of fused-ring (bicyclic) bond motifs is 2. The fourth-order valence-corrected chi connectivity index (χ4v) is 6.77. The molecule has 3 amide bonds. The van der Waals surface area contributed by atoms with Gasteiger partial charge in [-0.25, -0.2) is 4.79 Å². The highest BCUT2D eigenvalue weighted by Gasteiger charge is 2.40. The molecule has 2 heterocycles. The molecule has 3 N–H and O–H groups in total. The van der Waals surface area contributed by atoms with Crippen LogP contribution in [0.5, 0.6) is 0 Å². The van der Waals surface area contributed by atoms with Gasteiger partial charge in [0.15, 0.2) is 0 Å². The van der Waals surface area contributed by atoms with Gasteiger partial charge in [-0.05, 0) is 62.1 Å². The Kier molecular flexibility index (Phi) is 10.0. The van der Waals surface area contributed by atoms with Crippen molar-refractivity contribution in [3.63, 3.8) is 0 Å². The van der Waals surface area contributed by atoms with Crippen LogP contribution in [0.4, 0.5) is 5.69 Å². The monoisotopic (exact) mass is 608 g/mol. The number of halogens is 2. The number of aromatic nitrogens is 1. The van der Waals surface area contributed by atoms with E-state index in [4.69, 9.17) is 23.2 Å². The van der Waals surface area contributed by atoms with Gasteiger partial charge in [-0.15, -0.1) is 11.3 Å². The molecular formula is C27H30Cl2N4O6S. The molecule has 0 spiro atoms. The van der Waals surface area contributed by atoms with Crippen LogP contribution < -0.4 is 21.5 Å². The van der Waals surface area contributed by atoms with Crippen molar-refractivity contribution in [1.29, 1.82) is 0 Å². The number of methoxy groups -OCH3 is 1. The predicted octanol–water partition coefficient (Wildman–Crippen LogP) is 3.77. The average molecular weight is 610 g/mol. The number of carbonyl (C=O) groups is 4. The number of thiophene rings is 1. The summed E-state index contributed by atoms with van der Waals surface area (Å²) in [5, 5.41) is 8.24. The van der Waals surface area contributed by atoms with Crippen LogP contribution in [0.3, 0.4) is 0 Å². The molecular weight excluding hydrogens is 579 g/mol. The first-order valence-corrected chi connectivity index (χ1v) is 14.5. The highest BCUT2D eigenvalue weighted by atomic mass is 35.5. The minimum Gasteiger partial charge on any atom is -0.466 e. The number of nitrogens with zero attached hydrogens (tertiary/aromatic N) is 1. The maximum absolute atomic E-state index is 13.2. The Morgan fingerprint density at radius 1 is 1.23 bits per heavy atom. The van der Waals surface area contributed by atoms with Crippen molar-refractivity contribution in [3.8, 4) is 0 Å². The van der Waals surface area contributed by atoms with Gasteiger partial charge in [-0.1, -0.05) is 35.7 Å². The number of nitrogens with one attached hydrogen (secondary N) is 3. The number of anilines is 1. The van der Waals surface area contributed by atoms with E-state index in [1.807, 2.05) is 0 Å². The molecule has 2 bridgehead atoms. The van der Waals surface area contributed by atoms with Crippen molar-refractivity contribution < 1.29 is 23.9 Å². The van der Waals surface area contributed by atoms with Crippen molar-refractivity contribution in [2.24, 2.45) is 11.8 Å². The van der Waals surface area contributed by atoms with E-state index in [0.717, 1.165) is 30.6 Å². The van der Waals surface area contributed by atoms with Gasteiger partial charge in [0.25, 0.3) is 11.5 Å². The molecule has 0 saturated heterocycles. The Hall–Kier alpha value is -3.15. The highest BCUT2D eigenvalue weighted by molar-refractivity contribution is 7.20. The fraction of sp³-hybridized carbons (Fsp3) is 0.444. The molecule has 3 unspecified atom stereocenters. The van der Waals surface area contributed by atoms with Gasteiger partial charge >= 0.3 is 5.97 Å². The van der Waals surface area contributed by atoms with Gasteiger partial charge < -0.3 is 25.3 Å². The quantitative estimate of drug-likeness (QED) is 0.262. The number of rotatable bonds is 11. The summed E-state index contributed by atoms with van der Waals surface area (Å²) >= 11 is 13.1. The van der Waals surface area contributed by atoms with E-state index in [1.54, 1.807) is 6.07 Å². The minimum absolute atomic E-state index is 0.0406. The number of hydrogen-bond donors (Lipinski definition) is 3. The van der Waals surface area contributed by atoms with Crippen LogP contribution in [-0.2, 0) is 25.7 Å². The Bertz CT molecular complexity index is 1370. The number of ether oxygens (including phenoxy) is 1. The lowest BCUT2D eigenvalue weighted by Gasteiger charge is -2.23. The van der Waals surface area contributed by atoms with E-state index in [9.17, 15) is 24.0 Å². The van der Waals surface area contributed by atoms with E-state index < -0.39 is 29.4 Å². The fourth-order valence-electron chi connectivity index (χ4n) is 5.32. The molecule has 4 rings (SSSR count). The van der Waals surface area contributed by atoms with Crippen LogP contribution in [-0.4, -0.2) is 47.5 Å². The first-order chi connectivity index (χ1) is 19.1. The van der Waals surface area contributed by atoms with E-state index in [1.165, 1.54) is 48.6 Å². The van der Waals surface area contributed by atoms with Crippen molar-refractivity contribution >= 4 is 63.9 Å². The number of carbonyl (C=O) groups excluding carboxylic acids is 4. The van der Waals surface area contributed by atoms with Crippen LogP contribution in [0.25, 0.3) is 0 Å². The smallest absolute Gasteiger partial charge is 0.330 e. The van der Waals surface area contributed by atoms with Gasteiger partial charge in [-0.2, -0.15) is 0 Å². The highest BCUT2D eigenvalue weighted by Crippen LogP contribution is 2.44. The summed E-state index contributed by atoms with van der Waals surface area (Å²) in [7, 11) is 1.24. The van der Waals surface area contributed by atoms with Crippen LogP contribution in [0.15, 0.2) is 41.3 Å². The number of pyridine rings is 1. The van der Waals surface area contributed by atoms with Gasteiger partial charge in [-0.3, -0.25) is 19.2 Å². The maximum Gasteiger partial charge on any atom is 0.330 e. The second-order valence-electron chi connectivity index (χ2n) is 9.96. The summed E-state index contributed by atoms with van der Waals surface area (Å²) in [6.45, 7) is -0.174. The normalized spacial score (nSPS) is 20.3. The molecule has 0 aliphatic heterocycles. The zero-order chi connectivity index (χ0) is 28.8. The third-order valence-corrected chi connectivity index (χ3v) is 8.76. The first-order valence-electron chi connectivity index (χ1n) is 12.9. The van der Waals surface area contributed by atoms with E-state index >= 15 is 0 Å². The molecule has 13 heteroatoms. The third-order valence-electron chi connectivity index (χ3n) is 7.28. The molecule has 2 aromatic heterocycles. The van der Waals surface area contributed by atoms with E-state index in [2.05, 4.69) is 20.7 Å². The van der Waals surface area contributed by atoms with Gasteiger partial charge in [0.2, 0.25) is 11.8 Å². The summed E-state index contributed by atoms with van der Waals surface area (Å²) in [6.07, 6.45) is 9.02. The van der Waals surface area contributed by atoms with Crippen LogP contribution >= 0.6 is 34.5 Å². The van der Waals surface area contributed by atoms with E-state index in [0.29, 0.717) is 16.2 Å². The van der Waals surface area contributed by atoms with Gasteiger partial charge in [0.1, 0.15) is 22.6 Å². The number of esters is 1. The molecule has 4 atom stereocenters. The van der Waals surface area contributed by atoms with Crippen molar-refractivity contribution in [2.75, 3.05) is 12.4 Å². The van der Waals surface area contributed by atoms with E-state index in [-0.39, 0.29) is 46.9 Å². The summed E-state index contributed by atoms with van der Waals surface area (Å²) in [4.78, 5) is 63.2. The number of hydrogen-bond acceptors (Lipinski definition) is 7. The Morgan fingerprint density at radius 3 is 2.67 bits per heavy atom. The summed E-state index contributed by atoms with van der Waals surface area (Å²) in [5.41, 5.74) is -0.480. The molecule has 2 fully saturated rings. The molecule has 2 aromatic rings. The summed E-state index contributed by atoms with van der Waals surface area (Å²) in [5.74, 6) is -0.901. The summed E-state index contributed by atoms with van der Waals surface area (Å²) < 4.78 is 6.27. The second-order valence-corrected chi connectivity index (χ2v) is 12.2. The molecule has 214 valence electrons. The van der Waals surface area contributed by atoms with Gasteiger partial charge in [0, 0.05) is 18.3 Å². The molecule has 0 radical (unpaired) electrons. The number of amides is 3. The Balaban J connectivity index is 1.43. The lowest BCUT2D eigenvalue weighted by molar-refractivity contribution is -0.134. The number of allylic oxidation sites excluding steroid dienone is 1. The Labute approximate surface area is 245 Å². The van der Waals surface area contributed by atoms with Gasteiger partial charge in [0.05, 0.1) is 17.0 Å². The van der Waals surface area contributed by atoms with Crippen LogP contribution in [0.1, 0.15) is 48.9 Å². The molecule has 40 heavy (non-hydrogen) atoms. The summed E-state index contributed by atoms with van der Waals surface area (Å²) in [6, 6.07) is 3.44. The molecule has 0 aromatic carbocycles. The van der Waals surface area contributed by atoms with Crippen molar-refractivity contribution in [1.82, 2.24) is 15.2 Å². The largest absolute Gasteiger partial charge is 0.466 e. The van der Waals surface area contributed by atoms with Crippen LogP contribution in [0.2, 0.25) is 8.67 Å². The molecule has 2 aliphatic carbocycles. The van der Waals surface area contributed by atoms with Crippen molar-refractivity contribution in [2.45, 2.75) is 57.2 Å². The SMILES string of the molecule is COC(=O)/C=C/CC[C@H](NC(=O)c1cc(Cl)sc1Cl)C(=O)Nc1cccn(CC(=O)NC2CC3CCC2C3)c1=O. The lowest BCUT2D eigenvalue weighted by atomic mass is 9.95. The lowest BCUT2D eigenvalue weighted by Crippen LogP contribution is -2.45. The predicted molar refractivity (Wildman–Crippen MR) is 153 cm³/mol. The average Bonchev–Trinajstić information content (AvgIpc) is 3.63. The minimum atomic E-state index is -1.08. The second kappa shape index (κ2) is 13.5. The topological polar surface area (TPSA) is 136 Å². The third kappa shape index (κ3) is 7.52. The maximum atomic E-state index is 13.2. The van der Waals surface area contributed by atoms with Crippen molar-refractivity contribution in [3.05, 3.63) is 61.1 Å². The first kappa shape index (κ1) is 29.8.